The van der Waals surface area contributed by atoms with Crippen LogP contribution in [0.15, 0.2) is 53.5 Å². The van der Waals surface area contributed by atoms with Gasteiger partial charge in [-0.15, -0.1) is 24.0 Å². The largest absolute Gasteiger partial charge is 0.497 e. The van der Waals surface area contributed by atoms with E-state index in [1.54, 1.807) is 14.2 Å². The van der Waals surface area contributed by atoms with E-state index in [2.05, 4.69) is 27.3 Å². The Hall–Kier alpha value is -2.16. The zero-order chi connectivity index (χ0) is 18.4. The number of benzene rings is 2. The summed E-state index contributed by atoms with van der Waals surface area (Å²) in [7, 11) is 3.34. The molecule has 0 aliphatic carbocycles. The molecule has 1 fully saturated rings. The molecule has 1 saturated heterocycles. The summed E-state index contributed by atoms with van der Waals surface area (Å²) in [5, 5.41) is 3.12. The number of methoxy groups -OCH3 is 2. The molecule has 146 valence electrons. The molecule has 7 heteroatoms. The van der Waals surface area contributed by atoms with E-state index in [1.165, 1.54) is 5.69 Å². The predicted molar refractivity (Wildman–Crippen MR) is 122 cm³/mol. The summed E-state index contributed by atoms with van der Waals surface area (Å²) in [5.74, 6) is 2.64. The van der Waals surface area contributed by atoms with Crippen LogP contribution in [0.2, 0.25) is 0 Å². The summed E-state index contributed by atoms with van der Waals surface area (Å²) >= 11 is 0. The smallest absolute Gasteiger partial charge is 0.193 e. The van der Waals surface area contributed by atoms with Gasteiger partial charge in [-0.1, -0.05) is 6.07 Å². The lowest BCUT2D eigenvalue weighted by Crippen LogP contribution is -2.25. The van der Waals surface area contributed by atoms with Crippen molar-refractivity contribution >= 4 is 41.3 Å². The Morgan fingerprint density at radius 2 is 1.89 bits per heavy atom. The third-order valence-corrected chi connectivity index (χ3v) is 4.59. The van der Waals surface area contributed by atoms with Gasteiger partial charge < -0.3 is 25.4 Å². The average molecular weight is 482 g/mol. The molecule has 1 aliphatic rings. The molecule has 1 aliphatic heterocycles. The molecule has 3 rings (SSSR count). The molecule has 27 heavy (non-hydrogen) atoms. The van der Waals surface area contributed by atoms with Gasteiger partial charge in [0.2, 0.25) is 0 Å². The Labute approximate surface area is 177 Å². The van der Waals surface area contributed by atoms with Crippen molar-refractivity contribution in [2.75, 3.05) is 44.1 Å². The van der Waals surface area contributed by atoms with Crippen LogP contribution in [0.5, 0.6) is 11.5 Å². The first-order valence-corrected chi connectivity index (χ1v) is 8.78. The Balaban J connectivity index is 0.00000261. The van der Waals surface area contributed by atoms with Crippen molar-refractivity contribution in [3.8, 4) is 11.5 Å². The van der Waals surface area contributed by atoms with Gasteiger partial charge in [-0.25, -0.2) is 0 Å². The molecule has 3 N–H and O–H groups in total. The molecule has 0 saturated carbocycles. The highest BCUT2D eigenvalue weighted by molar-refractivity contribution is 14.0. The van der Waals surface area contributed by atoms with Crippen LogP contribution in [0.4, 0.5) is 11.4 Å². The number of nitrogens with zero attached hydrogens (tertiary/aromatic N) is 2. The number of aliphatic imine (C=N–C) groups is 1. The molecule has 2 aromatic carbocycles. The van der Waals surface area contributed by atoms with Gasteiger partial charge >= 0.3 is 0 Å². The first-order chi connectivity index (χ1) is 12.7. The van der Waals surface area contributed by atoms with Gasteiger partial charge in [0, 0.05) is 37.1 Å². The van der Waals surface area contributed by atoms with Gasteiger partial charge in [-0.2, -0.15) is 0 Å². The molecule has 0 spiro atoms. The van der Waals surface area contributed by atoms with Crippen molar-refractivity contribution in [1.82, 2.24) is 0 Å². The topological polar surface area (TPSA) is 72.1 Å². The fraction of sp³-hybridized carbons (Fsp3) is 0.350. The minimum atomic E-state index is 0. The third kappa shape index (κ3) is 5.92. The van der Waals surface area contributed by atoms with E-state index >= 15 is 0 Å². The molecular weight excluding hydrogens is 455 g/mol. The molecule has 0 bridgehead atoms. The maximum atomic E-state index is 6.02. The minimum absolute atomic E-state index is 0. The quantitative estimate of drug-likeness (QED) is 0.374. The van der Waals surface area contributed by atoms with Crippen LogP contribution in [0.1, 0.15) is 6.42 Å². The molecule has 1 atom stereocenters. The lowest BCUT2D eigenvalue weighted by Gasteiger charge is -2.19. The Morgan fingerprint density at radius 3 is 2.59 bits per heavy atom. The number of hydrogen-bond acceptors (Lipinski definition) is 4. The summed E-state index contributed by atoms with van der Waals surface area (Å²) in [6.07, 6.45) is 1.11. The Kier molecular flexibility index (Phi) is 8.02. The molecular formula is C20H27IN4O2. The average Bonchev–Trinajstić information content (AvgIpc) is 3.16. The zero-order valence-electron chi connectivity index (χ0n) is 15.7. The van der Waals surface area contributed by atoms with Crippen molar-refractivity contribution in [3.05, 3.63) is 48.5 Å². The first kappa shape index (κ1) is 21.1. The Morgan fingerprint density at radius 1 is 1.15 bits per heavy atom. The van der Waals surface area contributed by atoms with Gasteiger partial charge in [-0.05, 0) is 48.7 Å². The van der Waals surface area contributed by atoms with Gasteiger partial charge in [-0.3, -0.25) is 4.99 Å². The van der Waals surface area contributed by atoms with Crippen LogP contribution >= 0.6 is 24.0 Å². The zero-order valence-corrected chi connectivity index (χ0v) is 18.1. The molecule has 0 radical (unpaired) electrons. The van der Waals surface area contributed by atoms with E-state index in [0.29, 0.717) is 11.9 Å². The van der Waals surface area contributed by atoms with Crippen molar-refractivity contribution in [3.63, 3.8) is 0 Å². The van der Waals surface area contributed by atoms with Crippen molar-refractivity contribution < 1.29 is 9.47 Å². The molecule has 0 aromatic heterocycles. The summed E-state index contributed by atoms with van der Waals surface area (Å²) in [6.45, 7) is 2.72. The van der Waals surface area contributed by atoms with Crippen LogP contribution in [-0.2, 0) is 0 Å². The fourth-order valence-electron chi connectivity index (χ4n) is 3.11. The molecule has 6 nitrogen and oxygen atoms in total. The number of rotatable bonds is 6. The van der Waals surface area contributed by atoms with Gasteiger partial charge in [0.1, 0.15) is 11.5 Å². The summed E-state index contributed by atoms with van der Waals surface area (Å²) < 4.78 is 10.5. The van der Waals surface area contributed by atoms with Crippen LogP contribution in [0.3, 0.4) is 0 Å². The summed E-state index contributed by atoms with van der Waals surface area (Å²) in [5.41, 5.74) is 8.11. The highest BCUT2D eigenvalue weighted by Gasteiger charge is 2.22. The maximum Gasteiger partial charge on any atom is 0.193 e. The third-order valence-electron chi connectivity index (χ3n) is 4.59. The van der Waals surface area contributed by atoms with E-state index in [0.717, 1.165) is 43.2 Å². The van der Waals surface area contributed by atoms with Crippen molar-refractivity contribution in [2.24, 2.45) is 16.6 Å². The standard InChI is InChI=1S/C20H26N4O2.HI/c1-25-18-8-6-16(7-9-18)23-20(21)22-13-15-10-11-24(14-15)17-4-3-5-19(12-17)26-2;/h3-9,12,15H,10-11,13-14H2,1-2H3,(H3,21,22,23);1H. The van der Waals surface area contributed by atoms with Gasteiger partial charge in [0.15, 0.2) is 5.96 Å². The maximum absolute atomic E-state index is 6.02. The monoisotopic (exact) mass is 482 g/mol. The van der Waals surface area contributed by atoms with E-state index in [9.17, 15) is 0 Å². The van der Waals surface area contributed by atoms with Crippen molar-refractivity contribution in [2.45, 2.75) is 6.42 Å². The highest BCUT2D eigenvalue weighted by atomic mass is 127. The van der Waals surface area contributed by atoms with Crippen LogP contribution in [-0.4, -0.2) is 39.8 Å². The second kappa shape index (κ2) is 10.2. The first-order valence-electron chi connectivity index (χ1n) is 8.78. The highest BCUT2D eigenvalue weighted by Crippen LogP contribution is 2.27. The fourth-order valence-corrected chi connectivity index (χ4v) is 3.11. The predicted octanol–water partition coefficient (Wildman–Crippen LogP) is 3.57. The molecule has 1 unspecified atom stereocenters. The van der Waals surface area contributed by atoms with Gasteiger partial charge in [0.25, 0.3) is 0 Å². The van der Waals surface area contributed by atoms with Gasteiger partial charge in [0.05, 0.1) is 14.2 Å². The second-order valence-corrected chi connectivity index (χ2v) is 6.38. The van der Waals surface area contributed by atoms with Crippen LogP contribution in [0.25, 0.3) is 0 Å². The molecule has 0 amide bonds. The molecule has 1 heterocycles. The number of guanidine groups is 1. The van der Waals surface area contributed by atoms with E-state index in [4.69, 9.17) is 15.2 Å². The summed E-state index contributed by atoms with van der Waals surface area (Å²) in [6, 6.07) is 15.8. The second-order valence-electron chi connectivity index (χ2n) is 6.38. The number of hydrogen-bond donors (Lipinski definition) is 2. The lowest BCUT2D eigenvalue weighted by atomic mass is 10.1. The van der Waals surface area contributed by atoms with Crippen LogP contribution < -0.4 is 25.4 Å². The number of ether oxygens (including phenoxy) is 2. The van der Waals surface area contributed by atoms with Crippen molar-refractivity contribution in [1.29, 1.82) is 0 Å². The van der Waals surface area contributed by atoms with E-state index in [1.807, 2.05) is 36.4 Å². The normalized spacial score (nSPS) is 16.6. The van der Waals surface area contributed by atoms with Crippen LogP contribution in [0, 0.1) is 5.92 Å². The van der Waals surface area contributed by atoms with E-state index in [-0.39, 0.29) is 24.0 Å². The SMILES string of the molecule is COc1ccc(NC(N)=NCC2CCN(c3cccc(OC)c3)C2)cc1.I. The van der Waals surface area contributed by atoms with E-state index < -0.39 is 0 Å². The number of anilines is 2. The molecule has 2 aromatic rings. The number of nitrogens with two attached hydrogens (primary N) is 1. The number of nitrogens with one attached hydrogen (secondary N) is 1. The Bertz CT molecular complexity index is 752. The summed E-state index contributed by atoms with van der Waals surface area (Å²) in [4.78, 5) is 6.88. The lowest BCUT2D eigenvalue weighted by molar-refractivity contribution is 0.414. The number of halogens is 1. The minimum Gasteiger partial charge on any atom is -0.497 e.